The molecule has 1 atom stereocenters. The first kappa shape index (κ1) is 13.0. The minimum Gasteiger partial charge on any atom is -0.365 e. The van der Waals surface area contributed by atoms with E-state index in [1.165, 1.54) is 11.8 Å². The predicted octanol–water partition coefficient (Wildman–Crippen LogP) is 1.36. The highest BCUT2D eigenvalue weighted by Gasteiger charge is 2.38. The molecular formula is C9H15NO2S3. The number of hydrogen-bond acceptors (Lipinski definition) is 4. The molecule has 0 amide bonds. The molecule has 6 heteroatoms. The molecule has 3 nitrogen and oxygen atoms in total. The van der Waals surface area contributed by atoms with Crippen LogP contribution in [0.5, 0.6) is 0 Å². The van der Waals surface area contributed by atoms with E-state index in [4.69, 9.17) is 12.2 Å². The van der Waals surface area contributed by atoms with Crippen molar-refractivity contribution in [2.45, 2.75) is 18.9 Å². The molecule has 1 aliphatic rings. The molecule has 0 radical (unpaired) electrons. The first-order valence-corrected chi connectivity index (χ1v) is 7.85. The Morgan fingerprint density at radius 2 is 2.40 bits per heavy atom. The largest absolute Gasteiger partial charge is 0.365 e. The van der Waals surface area contributed by atoms with E-state index < -0.39 is 9.84 Å². The Morgan fingerprint density at radius 1 is 1.73 bits per heavy atom. The predicted molar refractivity (Wildman–Crippen MR) is 70.1 cm³/mol. The molecule has 1 fully saturated rings. The Bertz CT molecular complexity index is 364. The second kappa shape index (κ2) is 4.84. The van der Waals surface area contributed by atoms with Crippen molar-refractivity contribution in [3.63, 3.8) is 0 Å². The number of nitrogens with one attached hydrogen (secondary N) is 1. The van der Waals surface area contributed by atoms with E-state index in [1.54, 1.807) is 6.08 Å². The van der Waals surface area contributed by atoms with Crippen LogP contribution in [0.3, 0.4) is 0 Å². The standard InChI is InChI=1S/C9H15NO2S3/c1-3-5-14-8(13)10-9(2)4-6-15(11,12)7-9/h3H,1,4-7H2,2H3,(H,10,13). The van der Waals surface area contributed by atoms with E-state index in [0.717, 1.165) is 5.75 Å². The summed E-state index contributed by atoms with van der Waals surface area (Å²) >= 11 is 6.58. The summed E-state index contributed by atoms with van der Waals surface area (Å²) in [5, 5.41) is 3.11. The molecule has 1 N–H and O–H groups in total. The van der Waals surface area contributed by atoms with Crippen molar-refractivity contribution in [1.82, 2.24) is 5.32 Å². The van der Waals surface area contributed by atoms with Crippen molar-refractivity contribution in [2.75, 3.05) is 17.3 Å². The first-order chi connectivity index (χ1) is 6.87. The molecule has 1 unspecified atom stereocenters. The highest BCUT2D eigenvalue weighted by Crippen LogP contribution is 2.23. The van der Waals surface area contributed by atoms with Crippen LogP contribution >= 0.6 is 24.0 Å². The van der Waals surface area contributed by atoms with Crippen molar-refractivity contribution >= 4 is 38.1 Å². The van der Waals surface area contributed by atoms with Crippen LogP contribution in [0.25, 0.3) is 0 Å². The maximum absolute atomic E-state index is 11.3. The smallest absolute Gasteiger partial charge is 0.152 e. The fourth-order valence-electron chi connectivity index (χ4n) is 1.53. The van der Waals surface area contributed by atoms with Crippen LogP contribution < -0.4 is 5.32 Å². The van der Waals surface area contributed by atoms with Gasteiger partial charge in [0.25, 0.3) is 0 Å². The molecule has 1 saturated heterocycles. The van der Waals surface area contributed by atoms with Gasteiger partial charge in [-0.15, -0.1) is 6.58 Å². The summed E-state index contributed by atoms with van der Waals surface area (Å²) in [6.45, 7) is 5.50. The average molecular weight is 265 g/mol. The second-order valence-corrected chi connectivity index (χ2v) is 7.80. The van der Waals surface area contributed by atoms with Crippen LogP contribution in [0.15, 0.2) is 12.7 Å². The number of thiocarbonyl (C=S) groups is 1. The lowest BCUT2D eigenvalue weighted by Crippen LogP contribution is -2.45. The van der Waals surface area contributed by atoms with Gasteiger partial charge >= 0.3 is 0 Å². The van der Waals surface area contributed by atoms with Gasteiger partial charge in [-0.1, -0.05) is 30.1 Å². The van der Waals surface area contributed by atoms with Crippen molar-refractivity contribution in [2.24, 2.45) is 0 Å². The zero-order valence-corrected chi connectivity index (χ0v) is 11.1. The van der Waals surface area contributed by atoms with Crippen LogP contribution in [0.4, 0.5) is 0 Å². The Kier molecular flexibility index (Phi) is 4.20. The summed E-state index contributed by atoms with van der Waals surface area (Å²) in [5.41, 5.74) is -0.385. The average Bonchev–Trinajstić information content (AvgIpc) is 2.37. The summed E-state index contributed by atoms with van der Waals surface area (Å²) in [5.74, 6) is 1.18. The van der Waals surface area contributed by atoms with Crippen molar-refractivity contribution < 1.29 is 8.42 Å². The van der Waals surface area contributed by atoms with Gasteiger partial charge in [0.15, 0.2) is 9.84 Å². The van der Waals surface area contributed by atoms with Gasteiger partial charge in [-0.25, -0.2) is 8.42 Å². The third kappa shape index (κ3) is 4.12. The van der Waals surface area contributed by atoms with Gasteiger partial charge in [0.2, 0.25) is 0 Å². The first-order valence-electron chi connectivity index (χ1n) is 4.63. The number of hydrogen-bond donors (Lipinski definition) is 1. The highest BCUT2D eigenvalue weighted by molar-refractivity contribution is 8.23. The molecule has 0 spiro atoms. The third-order valence-electron chi connectivity index (χ3n) is 2.24. The van der Waals surface area contributed by atoms with Crippen molar-refractivity contribution in [3.8, 4) is 0 Å². The molecule has 0 aromatic rings. The molecule has 0 bridgehead atoms. The lowest BCUT2D eigenvalue weighted by molar-refractivity contribution is 0.478. The van der Waals surface area contributed by atoms with Crippen LogP contribution in [0.1, 0.15) is 13.3 Å². The van der Waals surface area contributed by atoms with Crippen LogP contribution in [0, 0.1) is 0 Å². The fraction of sp³-hybridized carbons (Fsp3) is 0.667. The van der Waals surface area contributed by atoms with Gasteiger partial charge in [-0.2, -0.15) is 0 Å². The Morgan fingerprint density at radius 3 is 2.87 bits per heavy atom. The Labute approximate surface area is 101 Å². The van der Waals surface area contributed by atoms with Gasteiger partial charge in [0.1, 0.15) is 4.32 Å². The number of rotatable bonds is 3. The van der Waals surface area contributed by atoms with E-state index in [0.29, 0.717) is 10.7 Å². The summed E-state index contributed by atoms with van der Waals surface area (Å²) in [6, 6.07) is 0. The quantitative estimate of drug-likeness (QED) is 0.616. The summed E-state index contributed by atoms with van der Waals surface area (Å²) in [6.07, 6.45) is 2.40. The summed E-state index contributed by atoms with van der Waals surface area (Å²) in [7, 11) is -2.87. The zero-order valence-electron chi connectivity index (χ0n) is 8.65. The molecule has 0 aliphatic carbocycles. The van der Waals surface area contributed by atoms with E-state index in [1.807, 2.05) is 6.92 Å². The summed E-state index contributed by atoms with van der Waals surface area (Å²) < 4.78 is 23.3. The van der Waals surface area contributed by atoms with Gasteiger partial charge < -0.3 is 5.32 Å². The van der Waals surface area contributed by atoms with E-state index in [-0.39, 0.29) is 17.0 Å². The normalized spacial score (nSPS) is 28.6. The molecule has 0 saturated carbocycles. The SMILES string of the molecule is C=CCSC(=S)NC1(C)CCS(=O)(=O)C1. The van der Waals surface area contributed by atoms with Gasteiger partial charge in [-0.05, 0) is 13.3 Å². The van der Waals surface area contributed by atoms with Crippen LogP contribution in [0.2, 0.25) is 0 Å². The molecule has 1 rings (SSSR count). The lowest BCUT2D eigenvalue weighted by atomic mass is 10.0. The Hall–Kier alpha value is -0.0700. The Balaban J connectivity index is 2.51. The molecule has 1 aliphatic heterocycles. The van der Waals surface area contributed by atoms with Crippen LogP contribution in [-0.4, -0.2) is 35.5 Å². The third-order valence-corrected chi connectivity index (χ3v) is 5.36. The fourth-order valence-corrected chi connectivity index (χ4v) is 4.66. The van der Waals surface area contributed by atoms with E-state index >= 15 is 0 Å². The molecule has 86 valence electrons. The minimum absolute atomic E-state index is 0.175. The molecule has 0 aromatic heterocycles. The van der Waals surface area contributed by atoms with Crippen molar-refractivity contribution in [3.05, 3.63) is 12.7 Å². The van der Waals surface area contributed by atoms with Crippen molar-refractivity contribution in [1.29, 1.82) is 0 Å². The number of sulfone groups is 1. The monoisotopic (exact) mass is 265 g/mol. The van der Waals surface area contributed by atoms with Gasteiger partial charge in [0.05, 0.1) is 17.0 Å². The molecule has 0 aromatic carbocycles. The zero-order chi connectivity index (χ0) is 11.5. The molecule has 1 heterocycles. The highest BCUT2D eigenvalue weighted by atomic mass is 32.2. The maximum atomic E-state index is 11.3. The lowest BCUT2D eigenvalue weighted by Gasteiger charge is -2.24. The van der Waals surface area contributed by atoms with E-state index in [2.05, 4.69) is 11.9 Å². The van der Waals surface area contributed by atoms with Gasteiger partial charge in [-0.3, -0.25) is 0 Å². The maximum Gasteiger partial charge on any atom is 0.152 e. The van der Waals surface area contributed by atoms with Gasteiger partial charge in [0, 0.05) is 5.75 Å². The summed E-state index contributed by atoms with van der Waals surface area (Å²) in [4.78, 5) is 0. The minimum atomic E-state index is -2.87. The molecule has 15 heavy (non-hydrogen) atoms. The van der Waals surface area contributed by atoms with E-state index in [9.17, 15) is 8.42 Å². The molecular weight excluding hydrogens is 250 g/mol. The van der Waals surface area contributed by atoms with Crippen LogP contribution in [-0.2, 0) is 9.84 Å². The topological polar surface area (TPSA) is 46.2 Å². The number of thioether (sulfide) groups is 1. The second-order valence-electron chi connectivity index (χ2n) is 3.91.